The maximum atomic E-state index is 13.7. The van der Waals surface area contributed by atoms with Crippen molar-refractivity contribution >= 4 is 29.5 Å². The van der Waals surface area contributed by atoms with E-state index in [2.05, 4.69) is 0 Å². The van der Waals surface area contributed by atoms with Crippen molar-refractivity contribution in [3.63, 3.8) is 0 Å². The van der Waals surface area contributed by atoms with Gasteiger partial charge < -0.3 is 34.6 Å². The monoisotopic (exact) mass is 717 g/mol. The number of hydrogen-bond acceptors (Lipinski definition) is 14. The average molecular weight is 718 g/mol. The Balaban J connectivity index is 1.33. The molecule has 3 aliphatic heterocycles. The number of aliphatic hydroxyl groups excluding tert-OH is 3. The fraction of sp³-hybridized carbons (Fsp3) is 0.576. The van der Waals surface area contributed by atoms with Gasteiger partial charge in [0.25, 0.3) is 5.69 Å². The van der Waals surface area contributed by atoms with Crippen LogP contribution in [0.5, 0.6) is 0 Å². The van der Waals surface area contributed by atoms with Crippen LogP contribution in [0.1, 0.15) is 39.2 Å². The number of carbonyl (C=O) groups is 2. The summed E-state index contributed by atoms with van der Waals surface area (Å²) >= 11 is 1.36. The number of esters is 1. The zero-order valence-corrected chi connectivity index (χ0v) is 29.3. The van der Waals surface area contributed by atoms with Crippen LogP contribution >= 0.6 is 11.8 Å². The number of hydrogen-bond donors (Lipinski definition) is 3. The Labute approximate surface area is 293 Å². The Hall–Kier alpha value is -4.03. The summed E-state index contributed by atoms with van der Waals surface area (Å²) in [6.07, 6.45) is 1.53. The third-order valence-electron chi connectivity index (χ3n) is 9.95. The lowest BCUT2D eigenvalue weighted by Gasteiger charge is -2.53. The molecule has 1 aromatic carbocycles. The highest BCUT2D eigenvalue weighted by molar-refractivity contribution is 8.03. The number of thioether (sulfide) groups is 1. The summed E-state index contributed by atoms with van der Waals surface area (Å²) < 4.78 is 11.3. The number of likely N-dealkylation sites (N-methyl/N-ethyl adjacent to an activating group) is 1. The van der Waals surface area contributed by atoms with Crippen LogP contribution in [-0.2, 0) is 20.9 Å². The largest absolute Gasteiger partial charge is 0.456 e. The van der Waals surface area contributed by atoms with Crippen molar-refractivity contribution in [3.05, 3.63) is 84.5 Å². The number of aliphatic hydroxyl groups is 3. The summed E-state index contributed by atoms with van der Waals surface area (Å²) in [6.45, 7) is 4.89. The van der Waals surface area contributed by atoms with Gasteiger partial charge in [-0.1, -0.05) is 19.1 Å². The van der Waals surface area contributed by atoms with Gasteiger partial charge in [0.1, 0.15) is 31.4 Å². The molecule has 1 aliphatic carbocycles. The predicted octanol–water partition coefficient (Wildman–Crippen LogP) is 2.61. The second-order valence-corrected chi connectivity index (χ2v) is 15.0. The van der Waals surface area contributed by atoms with E-state index in [1.54, 1.807) is 43.0 Å². The molecular weight excluding hydrogens is 674 g/mol. The van der Waals surface area contributed by atoms with Gasteiger partial charge in [-0.2, -0.15) is 0 Å². The fourth-order valence-corrected chi connectivity index (χ4v) is 8.51. The van der Waals surface area contributed by atoms with Gasteiger partial charge in [0, 0.05) is 59.1 Å². The second-order valence-electron chi connectivity index (χ2n) is 13.7. The molecular formula is C33H43N5O11S. The molecule has 272 valence electrons. The smallest absolute Gasteiger partial charge is 0.410 e. The van der Waals surface area contributed by atoms with Gasteiger partial charge >= 0.3 is 12.1 Å². The van der Waals surface area contributed by atoms with Crippen molar-refractivity contribution in [1.29, 1.82) is 0 Å². The maximum absolute atomic E-state index is 13.7. The van der Waals surface area contributed by atoms with Gasteiger partial charge in [-0.05, 0) is 56.8 Å². The molecule has 0 saturated carbocycles. The normalized spacial score (nSPS) is 30.1. The predicted molar refractivity (Wildman–Crippen MR) is 181 cm³/mol. The van der Waals surface area contributed by atoms with Crippen molar-refractivity contribution in [2.75, 3.05) is 27.2 Å². The highest BCUT2D eigenvalue weighted by Gasteiger charge is 2.60. The molecule has 1 amide bonds. The fourth-order valence-electron chi connectivity index (χ4n) is 6.97. The van der Waals surface area contributed by atoms with Crippen molar-refractivity contribution < 1.29 is 44.2 Å². The first-order chi connectivity index (χ1) is 23.5. The minimum atomic E-state index is -1.22. The zero-order valence-electron chi connectivity index (χ0n) is 28.4. The third kappa shape index (κ3) is 7.23. The molecule has 17 heteroatoms. The highest BCUT2D eigenvalue weighted by atomic mass is 32.2. The first-order valence-electron chi connectivity index (χ1n) is 16.3. The number of fused-ring (bicyclic) bond motifs is 1. The van der Waals surface area contributed by atoms with Gasteiger partial charge in [0.15, 0.2) is 0 Å². The minimum Gasteiger partial charge on any atom is -0.456 e. The molecule has 2 fully saturated rings. The van der Waals surface area contributed by atoms with E-state index >= 15 is 0 Å². The van der Waals surface area contributed by atoms with Crippen LogP contribution in [0.4, 0.5) is 10.5 Å². The van der Waals surface area contributed by atoms with Crippen LogP contribution in [0.3, 0.4) is 0 Å². The Morgan fingerprint density at radius 3 is 2.38 bits per heavy atom. The second kappa shape index (κ2) is 14.7. The van der Waals surface area contributed by atoms with Crippen LogP contribution in [0.25, 0.3) is 0 Å². The summed E-state index contributed by atoms with van der Waals surface area (Å²) in [7, 11) is 3.36. The van der Waals surface area contributed by atoms with Gasteiger partial charge in [0.2, 0.25) is 5.54 Å². The summed E-state index contributed by atoms with van der Waals surface area (Å²) in [5.41, 5.74) is -0.0226. The summed E-state index contributed by atoms with van der Waals surface area (Å²) in [5.74, 6) is -1.52. The number of nitro groups is 2. The number of nitrogens with zero attached hydrogens (tertiary/aromatic N) is 5. The first-order valence-corrected chi connectivity index (χ1v) is 17.2. The van der Waals surface area contributed by atoms with E-state index in [0.29, 0.717) is 22.5 Å². The van der Waals surface area contributed by atoms with Crippen LogP contribution in [0.2, 0.25) is 0 Å². The zero-order chi connectivity index (χ0) is 36.7. The molecule has 0 radical (unpaired) electrons. The lowest BCUT2D eigenvalue weighted by Crippen LogP contribution is -2.66. The van der Waals surface area contributed by atoms with Crippen molar-refractivity contribution in [1.82, 2.24) is 14.7 Å². The molecule has 0 aromatic heterocycles. The number of amides is 1. The molecule has 0 spiro atoms. The molecule has 0 bridgehead atoms. The SMILES string of the molecule is C[C@@H](O)[C@H]1C(O)N2C(C(=O)OCc3ccc([N+](=O)[O-])cc3)=C(S[C@H]3C[C@@H](C(O)N(C)C)N(C(=O)OCC4=CCC(C)([N+](=O)[O-])C=C4)C3)[C@H](C)[C@H]12. The molecule has 3 N–H and O–H groups in total. The van der Waals surface area contributed by atoms with Crippen LogP contribution < -0.4 is 0 Å². The van der Waals surface area contributed by atoms with Crippen LogP contribution in [-0.4, -0.2) is 121 Å². The molecule has 3 heterocycles. The van der Waals surface area contributed by atoms with Gasteiger partial charge in [-0.3, -0.25) is 25.1 Å². The molecule has 2 saturated heterocycles. The minimum absolute atomic E-state index is 0.0999. The molecule has 50 heavy (non-hydrogen) atoms. The van der Waals surface area contributed by atoms with E-state index in [9.17, 15) is 45.1 Å². The summed E-state index contributed by atoms with van der Waals surface area (Å²) in [4.78, 5) is 53.8. The first kappa shape index (κ1) is 37.2. The number of ether oxygens (including phenoxy) is 2. The standard InChI is InChI=1S/C33H43N5O11S/c1-18-26-25(19(2)39)30(41)36(26)27(31(42)48-16-20-6-8-22(9-7-20)37(44)45)28(18)50-23-14-24(29(40)34(4)5)35(15-23)32(43)49-17-21-10-12-33(3,13-11-21)38(46)47/h6-12,18-19,23-26,29-30,39-41H,13-17H2,1-5H3/t18-,19-,23+,24+,25-,26-,29?,30?,33?/m1/s1. The van der Waals surface area contributed by atoms with E-state index in [1.807, 2.05) is 6.92 Å². The highest BCUT2D eigenvalue weighted by Crippen LogP contribution is 2.54. The van der Waals surface area contributed by atoms with Gasteiger partial charge in [-0.15, -0.1) is 11.8 Å². The molecule has 3 unspecified atom stereocenters. The molecule has 16 nitrogen and oxygen atoms in total. The quantitative estimate of drug-likeness (QED) is 0.123. The van der Waals surface area contributed by atoms with Crippen molar-refractivity contribution in [3.8, 4) is 0 Å². The molecule has 5 rings (SSSR count). The van der Waals surface area contributed by atoms with Crippen molar-refractivity contribution in [2.45, 2.75) is 81.7 Å². The molecule has 9 atom stereocenters. The molecule has 4 aliphatic rings. The van der Waals surface area contributed by atoms with Crippen molar-refractivity contribution in [2.24, 2.45) is 11.8 Å². The lowest BCUT2D eigenvalue weighted by atomic mass is 9.78. The number of non-ortho nitro benzene ring substituents is 1. The van der Waals surface area contributed by atoms with Crippen LogP contribution in [0, 0.1) is 32.1 Å². The van der Waals surface area contributed by atoms with Crippen LogP contribution in [0.15, 0.2) is 58.7 Å². The number of benzene rings is 1. The van der Waals surface area contributed by atoms with E-state index in [0.717, 1.165) is 0 Å². The molecule has 1 aromatic rings. The number of rotatable bonds is 12. The maximum Gasteiger partial charge on any atom is 0.410 e. The number of nitro benzene ring substituents is 1. The average Bonchev–Trinajstić information content (AvgIpc) is 3.59. The summed E-state index contributed by atoms with van der Waals surface area (Å²) in [5, 5.41) is 54.7. The lowest BCUT2D eigenvalue weighted by molar-refractivity contribution is -0.549. The van der Waals surface area contributed by atoms with E-state index < -0.39 is 53.0 Å². The third-order valence-corrected chi connectivity index (χ3v) is 11.4. The topological polar surface area (TPSA) is 209 Å². The Morgan fingerprint density at radius 2 is 1.82 bits per heavy atom. The number of carbonyl (C=O) groups excluding carboxylic acids is 2. The Bertz CT molecular complexity index is 1600. The van der Waals surface area contributed by atoms with E-state index in [-0.39, 0.29) is 59.7 Å². The summed E-state index contributed by atoms with van der Waals surface area (Å²) in [6, 6.07) is 4.57. The number of likely N-dealkylation sites (tertiary alicyclic amines) is 1. The van der Waals surface area contributed by atoms with E-state index in [4.69, 9.17) is 9.47 Å². The Morgan fingerprint density at radius 1 is 1.14 bits per heavy atom. The van der Waals surface area contributed by atoms with E-state index in [1.165, 1.54) is 53.9 Å². The Kier molecular flexibility index (Phi) is 10.9. The van der Waals surface area contributed by atoms with Gasteiger partial charge in [0.05, 0.1) is 23.0 Å². The van der Waals surface area contributed by atoms with Gasteiger partial charge in [-0.25, -0.2) is 9.59 Å².